The van der Waals surface area contributed by atoms with Crippen molar-refractivity contribution in [2.24, 2.45) is 11.8 Å². The zero-order chi connectivity index (χ0) is 31.9. The molecule has 234 valence electrons. The van der Waals surface area contributed by atoms with Gasteiger partial charge in [0.1, 0.15) is 11.9 Å². The first kappa shape index (κ1) is 32.2. The van der Waals surface area contributed by atoms with E-state index >= 15 is 4.39 Å². The molecular weight excluding hydrogens is 585 g/mol. The predicted octanol–water partition coefficient (Wildman–Crippen LogP) is 7.71. The van der Waals surface area contributed by atoms with Gasteiger partial charge in [0.2, 0.25) is 6.17 Å². The predicted molar refractivity (Wildman–Crippen MR) is 141 cm³/mol. The van der Waals surface area contributed by atoms with Crippen LogP contribution in [-0.4, -0.2) is 48.5 Å². The molecule has 1 aliphatic carbocycles. The van der Waals surface area contributed by atoms with Gasteiger partial charge in [0.05, 0.1) is 24.3 Å². The van der Waals surface area contributed by atoms with E-state index in [4.69, 9.17) is 9.47 Å². The summed E-state index contributed by atoms with van der Waals surface area (Å²) in [5.41, 5.74) is -2.72. The molecule has 0 radical (unpaired) electrons. The lowest BCUT2D eigenvalue weighted by Crippen LogP contribution is -2.40. The molecule has 3 unspecified atom stereocenters. The molecule has 1 saturated heterocycles. The van der Waals surface area contributed by atoms with Gasteiger partial charge in [0.25, 0.3) is 5.91 Å². The molecule has 1 heterocycles. The lowest BCUT2D eigenvalue weighted by Gasteiger charge is -2.35. The molecule has 6 nitrogen and oxygen atoms in total. The molecule has 5 atom stereocenters. The van der Waals surface area contributed by atoms with Crippen molar-refractivity contribution in [3.63, 3.8) is 0 Å². The summed E-state index contributed by atoms with van der Waals surface area (Å²) in [6, 6.07) is 6.25. The van der Waals surface area contributed by atoms with Gasteiger partial charge >= 0.3 is 18.4 Å². The highest BCUT2D eigenvalue weighted by atomic mass is 19.4. The van der Waals surface area contributed by atoms with Gasteiger partial charge in [-0.05, 0) is 73.1 Å². The van der Waals surface area contributed by atoms with Crippen LogP contribution in [0.5, 0.6) is 5.75 Å². The molecule has 1 fully saturated rings. The van der Waals surface area contributed by atoms with Crippen molar-refractivity contribution in [2.75, 3.05) is 20.7 Å². The summed E-state index contributed by atoms with van der Waals surface area (Å²) >= 11 is 0. The SMILES string of the molecule is COc1ccc(C(F)C(=O)N(C)C2=CCC(C)C(CN3C(=O)O[C@H](c4cc(C(F)(F)F)cc(C(F)(F)F)c4)[C@@H]3C)C2)cc1. The Labute approximate surface area is 244 Å². The van der Waals surface area contributed by atoms with Gasteiger partial charge in [0.15, 0.2) is 0 Å². The molecule has 0 N–H and O–H groups in total. The molecule has 13 heteroatoms. The number of methoxy groups -OCH3 is 1. The number of amides is 2. The van der Waals surface area contributed by atoms with Gasteiger partial charge in [-0.1, -0.05) is 25.1 Å². The highest BCUT2D eigenvalue weighted by molar-refractivity contribution is 5.83. The van der Waals surface area contributed by atoms with E-state index < -0.39 is 59.4 Å². The molecule has 0 aromatic heterocycles. The molecule has 0 spiro atoms. The van der Waals surface area contributed by atoms with Crippen molar-refractivity contribution in [3.8, 4) is 5.75 Å². The number of cyclic esters (lactones) is 1. The van der Waals surface area contributed by atoms with Crippen LogP contribution in [0.4, 0.5) is 35.5 Å². The lowest BCUT2D eigenvalue weighted by molar-refractivity contribution is -0.143. The second-order valence-electron chi connectivity index (χ2n) is 10.9. The Kier molecular flexibility index (Phi) is 9.03. The minimum absolute atomic E-state index is 0.000506. The van der Waals surface area contributed by atoms with Crippen LogP contribution in [0.3, 0.4) is 0 Å². The number of alkyl halides is 7. The smallest absolute Gasteiger partial charge is 0.416 e. The number of ether oxygens (including phenoxy) is 2. The summed E-state index contributed by atoms with van der Waals surface area (Å²) in [6.07, 6.45) is -11.7. The monoisotopic (exact) mass is 616 g/mol. The fourth-order valence-corrected chi connectivity index (χ4v) is 5.40. The Balaban J connectivity index is 1.49. The number of hydrogen-bond acceptors (Lipinski definition) is 4. The molecule has 2 amide bonds. The van der Waals surface area contributed by atoms with Gasteiger partial charge in [-0.25, -0.2) is 9.18 Å². The zero-order valence-electron chi connectivity index (χ0n) is 23.8. The zero-order valence-corrected chi connectivity index (χ0v) is 23.8. The maximum absolute atomic E-state index is 15.1. The number of halogens is 7. The highest BCUT2D eigenvalue weighted by Crippen LogP contribution is 2.42. The van der Waals surface area contributed by atoms with Crippen LogP contribution in [0, 0.1) is 11.8 Å². The fourth-order valence-electron chi connectivity index (χ4n) is 5.40. The minimum Gasteiger partial charge on any atom is -0.497 e. The third kappa shape index (κ3) is 6.91. The molecule has 2 aromatic rings. The van der Waals surface area contributed by atoms with Gasteiger partial charge in [-0.2, -0.15) is 26.3 Å². The summed E-state index contributed by atoms with van der Waals surface area (Å²) < 4.78 is 106. The summed E-state index contributed by atoms with van der Waals surface area (Å²) in [7, 11) is 2.91. The molecule has 2 aliphatic rings. The topological polar surface area (TPSA) is 59.1 Å². The first-order chi connectivity index (χ1) is 20.0. The lowest BCUT2D eigenvalue weighted by atomic mass is 9.81. The van der Waals surface area contributed by atoms with Crippen LogP contribution in [0.1, 0.15) is 61.2 Å². The van der Waals surface area contributed by atoms with Crippen LogP contribution in [0.2, 0.25) is 0 Å². The van der Waals surface area contributed by atoms with Crippen molar-refractivity contribution in [2.45, 2.75) is 57.4 Å². The number of allylic oxidation sites excluding steroid dienone is 2. The maximum atomic E-state index is 15.1. The van der Waals surface area contributed by atoms with E-state index in [0.717, 1.165) is 0 Å². The van der Waals surface area contributed by atoms with E-state index in [1.807, 2.05) is 13.0 Å². The first-order valence-electron chi connectivity index (χ1n) is 13.5. The number of carbonyl (C=O) groups is 2. The van der Waals surface area contributed by atoms with Gasteiger partial charge in [0, 0.05) is 19.3 Å². The second kappa shape index (κ2) is 12.1. The van der Waals surface area contributed by atoms with Crippen LogP contribution in [0.15, 0.2) is 54.2 Å². The maximum Gasteiger partial charge on any atom is 0.416 e. The molecule has 43 heavy (non-hydrogen) atoms. The normalized spacial score (nSPS) is 23.5. The van der Waals surface area contributed by atoms with Crippen LogP contribution in [-0.2, 0) is 21.9 Å². The third-order valence-electron chi connectivity index (χ3n) is 8.15. The molecule has 2 aromatic carbocycles. The Bertz CT molecular complexity index is 1340. The fraction of sp³-hybridized carbons (Fsp3) is 0.467. The number of hydrogen-bond donors (Lipinski definition) is 0. The average Bonchev–Trinajstić information content (AvgIpc) is 3.24. The minimum atomic E-state index is -5.04. The van der Waals surface area contributed by atoms with Gasteiger partial charge in [-0.3, -0.25) is 4.79 Å². The molecule has 1 aliphatic heterocycles. The quantitative estimate of drug-likeness (QED) is 0.299. The largest absolute Gasteiger partial charge is 0.497 e. The van der Waals surface area contributed by atoms with Crippen molar-refractivity contribution in [3.05, 3.63) is 76.5 Å². The average molecular weight is 617 g/mol. The Morgan fingerprint density at radius 3 is 2.16 bits per heavy atom. The first-order valence-corrected chi connectivity index (χ1v) is 13.5. The van der Waals surface area contributed by atoms with Crippen LogP contribution in [0.25, 0.3) is 0 Å². The summed E-state index contributed by atoms with van der Waals surface area (Å²) in [6.45, 7) is 3.48. The summed E-state index contributed by atoms with van der Waals surface area (Å²) in [5.74, 6) is -0.534. The van der Waals surface area contributed by atoms with E-state index in [2.05, 4.69) is 0 Å². The standard InChI is InChI=1S/C30H31F7N2O4/c1-16-5-8-23(38(3)27(40)25(31)18-6-9-24(42-4)10-7-18)13-20(16)15-39-17(2)26(43-28(39)41)19-11-21(29(32,33)34)14-22(12-19)30(35,36)37/h6-12,14,16-17,20,25-26H,5,13,15H2,1-4H3/t16?,17-,20?,25?,26-/m0/s1. The van der Waals surface area contributed by atoms with Crippen molar-refractivity contribution < 1.29 is 49.8 Å². The van der Waals surface area contributed by atoms with Gasteiger partial charge in [-0.15, -0.1) is 0 Å². The van der Waals surface area contributed by atoms with E-state index in [0.29, 0.717) is 30.0 Å². The number of likely N-dealkylation sites (N-methyl/N-ethyl adjacent to an activating group) is 1. The summed E-state index contributed by atoms with van der Waals surface area (Å²) in [4.78, 5) is 28.3. The summed E-state index contributed by atoms with van der Waals surface area (Å²) in [5, 5.41) is 0. The number of nitrogens with zero attached hydrogens (tertiary/aromatic N) is 2. The Morgan fingerprint density at radius 1 is 1.05 bits per heavy atom. The Hall–Kier alpha value is -3.77. The number of benzene rings is 2. The third-order valence-corrected chi connectivity index (χ3v) is 8.15. The number of rotatable bonds is 7. The van der Waals surface area contributed by atoms with E-state index in [1.54, 1.807) is 12.1 Å². The molecular formula is C30H31F7N2O4. The molecule has 0 bridgehead atoms. The van der Waals surface area contributed by atoms with Gasteiger partial charge < -0.3 is 19.3 Å². The van der Waals surface area contributed by atoms with E-state index in [1.165, 1.54) is 43.0 Å². The van der Waals surface area contributed by atoms with Crippen LogP contribution >= 0.6 is 0 Å². The molecule has 4 rings (SSSR count). The van der Waals surface area contributed by atoms with E-state index in [9.17, 15) is 35.9 Å². The molecule has 0 saturated carbocycles. The highest BCUT2D eigenvalue weighted by Gasteiger charge is 2.44. The van der Waals surface area contributed by atoms with E-state index in [-0.39, 0.29) is 36.4 Å². The Morgan fingerprint density at radius 2 is 1.63 bits per heavy atom. The van der Waals surface area contributed by atoms with Crippen molar-refractivity contribution >= 4 is 12.0 Å². The number of carbonyl (C=O) groups excluding carboxylic acids is 2. The van der Waals surface area contributed by atoms with Crippen molar-refractivity contribution in [1.82, 2.24) is 9.80 Å². The second-order valence-corrected chi connectivity index (χ2v) is 10.9. The van der Waals surface area contributed by atoms with Crippen molar-refractivity contribution in [1.29, 1.82) is 0 Å². The van der Waals surface area contributed by atoms with Crippen LogP contribution < -0.4 is 4.74 Å².